The minimum atomic E-state index is -0.754. The van der Waals surface area contributed by atoms with Gasteiger partial charge in [0.2, 0.25) is 5.95 Å². The molecule has 1 aromatic carbocycles. The van der Waals surface area contributed by atoms with E-state index in [9.17, 15) is 13.2 Å². The summed E-state index contributed by atoms with van der Waals surface area (Å²) in [5, 5.41) is 2.47. The van der Waals surface area contributed by atoms with Crippen molar-refractivity contribution in [3.63, 3.8) is 0 Å². The summed E-state index contributed by atoms with van der Waals surface area (Å²) in [6.45, 7) is 1.45. The highest BCUT2D eigenvalue weighted by Crippen LogP contribution is 2.21. The van der Waals surface area contributed by atoms with Gasteiger partial charge in [0.25, 0.3) is 0 Å². The van der Waals surface area contributed by atoms with Gasteiger partial charge in [-0.25, -0.2) is 18.7 Å². The predicted octanol–water partition coefficient (Wildman–Crippen LogP) is 2.95. The van der Waals surface area contributed by atoms with E-state index in [1.54, 1.807) is 0 Å². The van der Waals surface area contributed by atoms with E-state index in [0.29, 0.717) is 0 Å². The maximum atomic E-state index is 13.5. The molecule has 0 atom stereocenters. The first-order valence-corrected chi connectivity index (χ1v) is 4.76. The molecule has 17 heavy (non-hydrogen) atoms. The Morgan fingerprint density at radius 2 is 1.76 bits per heavy atom. The maximum Gasteiger partial charge on any atom is 0.218 e. The van der Waals surface area contributed by atoms with Crippen LogP contribution in [0, 0.1) is 24.5 Å². The quantitative estimate of drug-likeness (QED) is 0.819. The van der Waals surface area contributed by atoms with Gasteiger partial charge in [-0.2, -0.15) is 4.39 Å². The van der Waals surface area contributed by atoms with E-state index in [1.807, 2.05) is 0 Å². The highest BCUT2D eigenvalue weighted by atomic mass is 19.1. The molecule has 0 fully saturated rings. The fraction of sp³-hybridized carbons (Fsp3) is 0.0909. The highest BCUT2D eigenvalue weighted by molar-refractivity contribution is 5.57. The Morgan fingerprint density at radius 1 is 1.00 bits per heavy atom. The second-order valence-corrected chi connectivity index (χ2v) is 3.43. The van der Waals surface area contributed by atoms with Crippen LogP contribution in [0.3, 0.4) is 0 Å². The first kappa shape index (κ1) is 11.4. The summed E-state index contributed by atoms with van der Waals surface area (Å²) >= 11 is 0. The summed E-state index contributed by atoms with van der Waals surface area (Å²) < 4.78 is 39.4. The van der Waals surface area contributed by atoms with E-state index >= 15 is 0 Å². The second-order valence-electron chi connectivity index (χ2n) is 3.43. The largest absolute Gasteiger partial charge is 0.338 e. The van der Waals surface area contributed by atoms with E-state index in [0.717, 1.165) is 24.5 Å². The molecule has 0 saturated carbocycles. The van der Waals surface area contributed by atoms with Crippen LogP contribution in [-0.4, -0.2) is 9.97 Å². The van der Waals surface area contributed by atoms with E-state index in [-0.39, 0.29) is 17.1 Å². The molecule has 0 spiro atoms. The van der Waals surface area contributed by atoms with Crippen LogP contribution in [0.5, 0.6) is 0 Å². The molecule has 2 rings (SSSR count). The van der Waals surface area contributed by atoms with Crippen LogP contribution in [0.2, 0.25) is 0 Å². The van der Waals surface area contributed by atoms with Crippen LogP contribution in [0.1, 0.15) is 5.56 Å². The summed E-state index contributed by atoms with van der Waals surface area (Å²) in [4.78, 5) is 6.93. The van der Waals surface area contributed by atoms with E-state index in [2.05, 4.69) is 15.3 Å². The zero-order chi connectivity index (χ0) is 12.4. The van der Waals surface area contributed by atoms with Crippen LogP contribution in [0.4, 0.5) is 24.7 Å². The average Bonchev–Trinajstić information content (AvgIpc) is 2.26. The number of nitrogens with zero attached hydrogens (tertiary/aromatic N) is 2. The molecule has 0 amide bonds. The Bertz CT molecular complexity index is 558. The van der Waals surface area contributed by atoms with Crippen molar-refractivity contribution in [2.24, 2.45) is 0 Å². The molecule has 3 nitrogen and oxygen atoms in total. The molecule has 0 aliphatic rings. The van der Waals surface area contributed by atoms with Gasteiger partial charge in [0.1, 0.15) is 23.8 Å². The van der Waals surface area contributed by atoms with Crippen LogP contribution in [-0.2, 0) is 0 Å². The van der Waals surface area contributed by atoms with Gasteiger partial charge in [0.15, 0.2) is 0 Å². The third-order valence-corrected chi connectivity index (χ3v) is 2.14. The summed E-state index contributed by atoms with van der Waals surface area (Å²) in [5.41, 5.74) is 0.0909. The molecule has 2 aromatic rings. The van der Waals surface area contributed by atoms with Crippen LogP contribution in [0.25, 0.3) is 0 Å². The molecule has 0 bridgehead atoms. The fourth-order valence-corrected chi connectivity index (χ4v) is 1.28. The van der Waals surface area contributed by atoms with E-state index in [1.165, 1.54) is 6.92 Å². The number of nitrogens with one attached hydrogen (secondary N) is 1. The van der Waals surface area contributed by atoms with Crippen molar-refractivity contribution < 1.29 is 13.2 Å². The van der Waals surface area contributed by atoms with Crippen molar-refractivity contribution in [2.75, 3.05) is 5.32 Å². The van der Waals surface area contributed by atoms with Crippen molar-refractivity contribution in [1.29, 1.82) is 0 Å². The van der Waals surface area contributed by atoms with E-state index < -0.39 is 17.6 Å². The molecule has 0 aliphatic carbocycles. The van der Waals surface area contributed by atoms with Gasteiger partial charge in [0, 0.05) is 12.1 Å². The first-order chi connectivity index (χ1) is 8.06. The fourth-order valence-electron chi connectivity index (χ4n) is 1.28. The molecule has 1 N–H and O–H groups in total. The number of aromatic nitrogens is 2. The number of halogens is 3. The normalized spacial score (nSPS) is 10.4. The molecule has 1 heterocycles. The minimum absolute atomic E-state index is 0.0552. The summed E-state index contributed by atoms with van der Waals surface area (Å²) in [7, 11) is 0. The van der Waals surface area contributed by atoms with Gasteiger partial charge in [0.05, 0.1) is 5.69 Å². The zero-order valence-electron chi connectivity index (χ0n) is 8.84. The van der Waals surface area contributed by atoms with Crippen molar-refractivity contribution in [3.05, 3.63) is 47.7 Å². The zero-order valence-corrected chi connectivity index (χ0v) is 8.84. The smallest absolute Gasteiger partial charge is 0.218 e. The Labute approximate surface area is 95.3 Å². The van der Waals surface area contributed by atoms with Crippen molar-refractivity contribution in [2.45, 2.75) is 6.92 Å². The molecule has 6 heteroatoms. The lowest BCUT2D eigenvalue weighted by Crippen LogP contribution is -1.99. The predicted molar refractivity (Wildman–Crippen MR) is 56.4 cm³/mol. The number of aryl methyl sites for hydroxylation is 1. The topological polar surface area (TPSA) is 37.8 Å². The minimum Gasteiger partial charge on any atom is -0.338 e. The summed E-state index contributed by atoms with van der Waals surface area (Å²) in [6, 6.07) is 3.02. The van der Waals surface area contributed by atoms with Gasteiger partial charge in [-0.15, -0.1) is 0 Å². The van der Waals surface area contributed by atoms with Crippen molar-refractivity contribution in [1.82, 2.24) is 9.97 Å². The summed E-state index contributed by atoms with van der Waals surface area (Å²) in [5.74, 6) is -1.89. The molecular weight excluding hydrogens is 231 g/mol. The third kappa shape index (κ3) is 2.52. The first-order valence-electron chi connectivity index (χ1n) is 4.76. The number of hydrogen-bond donors (Lipinski definition) is 1. The van der Waals surface area contributed by atoms with Gasteiger partial charge >= 0.3 is 0 Å². The third-order valence-electron chi connectivity index (χ3n) is 2.14. The van der Waals surface area contributed by atoms with Crippen LogP contribution < -0.4 is 5.32 Å². The lowest BCUT2D eigenvalue weighted by atomic mass is 10.2. The number of hydrogen-bond acceptors (Lipinski definition) is 3. The lowest BCUT2D eigenvalue weighted by molar-refractivity contribution is 0.580. The Morgan fingerprint density at radius 3 is 2.47 bits per heavy atom. The molecule has 0 aliphatic heterocycles. The van der Waals surface area contributed by atoms with E-state index in [4.69, 9.17) is 0 Å². The monoisotopic (exact) mass is 239 g/mol. The highest BCUT2D eigenvalue weighted by Gasteiger charge is 2.08. The van der Waals surface area contributed by atoms with Gasteiger partial charge < -0.3 is 5.32 Å². The number of anilines is 2. The molecule has 0 unspecified atom stereocenters. The van der Waals surface area contributed by atoms with Crippen LogP contribution >= 0.6 is 0 Å². The SMILES string of the molecule is Cc1cc(F)c(Nc2cc(F)ncn2)cc1F. The molecule has 1 aromatic heterocycles. The standard InChI is InChI=1S/C11H8F3N3/c1-6-2-8(13)9(3-7(6)12)17-11-4-10(14)15-5-16-11/h2-5H,1H3,(H,15,16,17). The maximum absolute atomic E-state index is 13.5. The number of benzene rings is 1. The molecule has 0 radical (unpaired) electrons. The molecule has 88 valence electrons. The van der Waals surface area contributed by atoms with Crippen LogP contribution in [0.15, 0.2) is 24.5 Å². The lowest BCUT2D eigenvalue weighted by Gasteiger charge is -2.07. The van der Waals surface area contributed by atoms with Gasteiger partial charge in [-0.3, -0.25) is 0 Å². The van der Waals surface area contributed by atoms with Crippen molar-refractivity contribution >= 4 is 11.5 Å². The Kier molecular flexibility index (Phi) is 2.95. The summed E-state index contributed by atoms with van der Waals surface area (Å²) in [6.07, 6.45) is 0.986. The second kappa shape index (κ2) is 4.40. The Hall–Kier alpha value is -2.11. The van der Waals surface area contributed by atoms with Crippen molar-refractivity contribution in [3.8, 4) is 0 Å². The molecule has 0 saturated heterocycles. The average molecular weight is 239 g/mol. The van der Waals surface area contributed by atoms with Gasteiger partial charge in [-0.1, -0.05) is 0 Å². The van der Waals surface area contributed by atoms with Gasteiger partial charge in [-0.05, 0) is 18.6 Å². The molecular formula is C11H8F3N3. The Balaban J connectivity index is 2.33. The number of rotatable bonds is 2.